The largest absolute Gasteiger partial charge is 0.478 e. The summed E-state index contributed by atoms with van der Waals surface area (Å²) in [5, 5.41) is 15.9. The lowest BCUT2D eigenvalue weighted by atomic mass is 9.82. The smallest absolute Gasteiger partial charge is 0.331 e. The Hall–Kier alpha value is -1.89. The molecule has 0 radical (unpaired) electrons. The first kappa shape index (κ1) is 29.1. The summed E-state index contributed by atoms with van der Waals surface area (Å²) in [6.07, 6.45) is 7.97. The van der Waals surface area contributed by atoms with E-state index in [0.717, 1.165) is 32.1 Å². The second-order valence-corrected chi connectivity index (χ2v) is 10.3. The van der Waals surface area contributed by atoms with E-state index < -0.39 is 17.6 Å². The number of carboxylic acid groups (broad SMARTS) is 1. The fourth-order valence-corrected chi connectivity index (χ4v) is 4.97. The summed E-state index contributed by atoms with van der Waals surface area (Å²) >= 11 is 0. The normalized spacial score (nSPS) is 17.7. The molecule has 0 bridgehead atoms. The van der Waals surface area contributed by atoms with Crippen LogP contribution in [0, 0.1) is 11.8 Å². The van der Waals surface area contributed by atoms with Gasteiger partial charge in [-0.1, -0.05) is 53.0 Å². The van der Waals surface area contributed by atoms with Crippen molar-refractivity contribution >= 4 is 17.8 Å². The fraction of sp³-hybridized carbons (Fsp3) is 0.808. The van der Waals surface area contributed by atoms with Gasteiger partial charge in [0.05, 0.1) is 11.6 Å². The lowest BCUT2D eigenvalue weighted by Gasteiger charge is -2.39. The van der Waals surface area contributed by atoms with Crippen molar-refractivity contribution in [3.05, 3.63) is 11.6 Å². The SMILES string of the molecule is CCC(CC)(NC(C)C)C(=O)N[C@H](C(=O)N(C)[C@H](C=C(C)C(=O)O)C(C)C)C1CCCCC1. The maximum atomic E-state index is 13.8. The second-order valence-electron chi connectivity index (χ2n) is 10.3. The zero-order chi connectivity index (χ0) is 25.3. The van der Waals surface area contributed by atoms with Gasteiger partial charge in [-0.25, -0.2) is 4.79 Å². The van der Waals surface area contributed by atoms with Crippen LogP contribution in [0.3, 0.4) is 0 Å². The maximum Gasteiger partial charge on any atom is 0.331 e. The van der Waals surface area contributed by atoms with Gasteiger partial charge in [-0.05, 0) is 58.3 Å². The van der Waals surface area contributed by atoms with E-state index in [1.807, 2.05) is 41.5 Å². The molecule has 0 aromatic heterocycles. The van der Waals surface area contributed by atoms with Crippen LogP contribution in [0.4, 0.5) is 0 Å². The van der Waals surface area contributed by atoms with Gasteiger partial charge in [-0.15, -0.1) is 0 Å². The predicted molar refractivity (Wildman–Crippen MR) is 133 cm³/mol. The minimum Gasteiger partial charge on any atom is -0.478 e. The van der Waals surface area contributed by atoms with Crippen LogP contribution in [0.5, 0.6) is 0 Å². The first-order chi connectivity index (χ1) is 15.4. The van der Waals surface area contributed by atoms with E-state index in [-0.39, 0.29) is 41.3 Å². The number of likely N-dealkylation sites (N-methyl/N-ethyl adjacent to an activating group) is 1. The highest BCUT2D eigenvalue weighted by molar-refractivity contribution is 5.92. The third kappa shape index (κ3) is 7.83. The highest BCUT2D eigenvalue weighted by atomic mass is 16.4. The van der Waals surface area contributed by atoms with E-state index in [4.69, 9.17) is 0 Å². The highest BCUT2D eigenvalue weighted by Gasteiger charge is 2.41. The van der Waals surface area contributed by atoms with Gasteiger partial charge in [0.15, 0.2) is 0 Å². The molecule has 190 valence electrons. The van der Waals surface area contributed by atoms with Gasteiger partial charge < -0.3 is 20.6 Å². The standard InChI is InChI=1S/C26H47N3O4/c1-9-26(10-2,28-18(5)6)25(33)27-22(20-14-12-11-13-15-20)23(30)29(8)21(17(3)4)16-19(7)24(31)32/h16-18,20-22,28H,9-15H2,1-8H3,(H,27,33)(H,31,32)/t21-,22+/m1/s1. The van der Waals surface area contributed by atoms with Crippen molar-refractivity contribution in [3.8, 4) is 0 Å². The molecule has 1 saturated carbocycles. The van der Waals surface area contributed by atoms with E-state index >= 15 is 0 Å². The summed E-state index contributed by atoms with van der Waals surface area (Å²) in [5.74, 6) is -1.15. The molecule has 1 rings (SSSR count). The van der Waals surface area contributed by atoms with E-state index in [1.165, 1.54) is 0 Å². The zero-order valence-corrected chi connectivity index (χ0v) is 22.0. The molecule has 0 aliphatic heterocycles. The molecule has 1 fully saturated rings. The Labute approximate surface area is 200 Å². The molecule has 0 aromatic carbocycles. The molecule has 2 atom stereocenters. The molecule has 1 aliphatic carbocycles. The van der Waals surface area contributed by atoms with Crippen LogP contribution in [-0.4, -0.2) is 58.5 Å². The quantitative estimate of drug-likeness (QED) is 0.377. The molecule has 3 N–H and O–H groups in total. The molecule has 7 heteroatoms. The Balaban J connectivity index is 3.29. The van der Waals surface area contributed by atoms with Gasteiger partial charge in [0.2, 0.25) is 11.8 Å². The molecule has 0 aromatic rings. The second kappa shape index (κ2) is 13.1. The van der Waals surface area contributed by atoms with Gasteiger partial charge in [0.25, 0.3) is 0 Å². The Kier molecular flexibility index (Phi) is 11.6. The van der Waals surface area contributed by atoms with Crippen molar-refractivity contribution in [1.82, 2.24) is 15.5 Å². The van der Waals surface area contributed by atoms with Crippen molar-refractivity contribution in [2.75, 3.05) is 7.05 Å². The van der Waals surface area contributed by atoms with E-state index in [1.54, 1.807) is 24.9 Å². The molecule has 1 aliphatic rings. The number of amides is 2. The average Bonchev–Trinajstić information content (AvgIpc) is 2.78. The van der Waals surface area contributed by atoms with Gasteiger partial charge in [0, 0.05) is 18.7 Å². The summed E-state index contributed by atoms with van der Waals surface area (Å²) in [6, 6.07) is -0.849. The number of nitrogens with one attached hydrogen (secondary N) is 2. The van der Waals surface area contributed by atoms with E-state index in [9.17, 15) is 19.5 Å². The maximum absolute atomic E-state index is 13.8. The number of nitrogens with zero attached hydrogens (tertiary/aromatic N) is 1. The van der Waals surface area contributed by atoms with E-state index in [0.29, 0.717) is 12.8 Å². The van der Waals surface area contributed by atoms with Crippen molar-refractivity contribution < 1.29 is 19.5 Å². The minimum absolute atomic E-state index is 0.0314. The summed E-state index contributed by atoms with van der Waals surface area (Å²) in [4.78, 5) is 40.4. The first-order valence-corrected chi connectivity index (χ1v) is 12.7. The van der Waals surface area contributed by atoms with Crippen LogP contribution >= 0.6 is 0 Å². The van der Waals surface area contributed by atoms with Crippen LogP contribution in [-0.2, 0) is 14.4 Å². The highest BCUT2D eigenvalue weighted by Crippen LogP contribution is 2.29. The molecular formula is C26H47N3O4. The summed E-state index contributed by atoms with van der Waals surface area (Å²) in [5.41, 5.74) is -0.513. The zero-order valence-electron chi connectivity index (χ0n) is 22.0. The number of carbonyl (C=O) groups excluding carboxylic acids is 2. The van der Waals surface area contributed by atoms with E-state index in [2.05, 4.69) is 10.6 Å². The van der Waals surface area contributed by atoms with Gasteiger partial charge in [-0.2, -0.15) is 0 Å². The van der Waals surface area contributed by atoms with Crippen LogP contribution in [0.1, 0.15) is 93.4 Å². The topological polar surface area (TPSA) is 98.7 Å². The van der Waals surface area contributed by atoms with Crippen LogP contribution < -0.4 is 10.6 Å². The Bertz CT molecular complexity index is 692. The molecule has 0 spiro atoms. The van der Waals surface area contributed by atoms with Crippen LogP contribution in [0.2, 0.25) is 0 Å². The van der Waals surface area contributed by atoms with Gasteiger partial charge >= 0.3 is 5.97 Å². The molecule has 0 unspecified atom stereocenters. The molecule has 0 saturated heterocycles. The number of hydrogen-bond acceptors (Lipinski definition) is 4. The predicted octanol–water partition coefficient (Wildman–Crippen LogP) is 4.12. The van der Waals surface area contributed by atoms with Crippen LogP contribution in [0.15, 0.2) is 11.6 Å². The molecule has 33 heavy (non-hydrogen) atoms. The molecular weight excluding hydrogens is 418 g/mol. The number of carboxylic acids is 1. The van der Waals surface area contributed by atoms with Gasteiger partial charge in [0.1, 0.15) is 6.04 Å². The molecule has 2 amide bonds. The van der Waals surface area contributed by atoms with Crippen molar-refractivity contribution in [1.29, 1.82) is 0 Å². The third-order valence-electron chi connectivity index (χ3n) is 7.12. The lowest BCUT2D eigenvalue weighted by molar-refractivity contribution is -0.141. The molecule has 7 nitrogen and oxygen atoms in total. The monoisotopic (exact) mass is 465 g/mol. The fourth-order valence-electron chi connectivity index (χ4n) is 4.97. The molecule has 0 heterocycles. The average molecular weight is 466 g/mol. The summed E-state index contributed by atoms with van der Waals surface area (Å²) in [6.45, 7) is 13.5. The van der Waals surface area contributed by atoms with Gasteiger partial charge in [-0.3, -0.25) is 9.59 Å². The number of aliphatic carboxylic acids is 1. The number of hydrogen-bond donors (Lipinski definition) is 3. The Morgan fingerprint density at radius 3 is 2.03 bits per heavy atom. The van der Waals surface area contributed by atoms with Crippen molar-refractivity contribution in [2.24, 2.45) is 11.8 Å². The summed E-state index contributed by atoms with van der Waals surface area (Å²) < 4.78 is 0. The minimum atomic E-state index is -0.992. The third-order valence-corrected chi connectivity index (χ3v) is 7.12. The van der Waals surface area contributed by atoms with Crippen LogP contribution in [0.25, 0.3) is 0 Å². The van der Waals surface area contributed by atoms with Crippen molar-refractivity contribution in [3.63, 3.8) is 0 Å². The Morgan fingerprint density at radius 1 is 1.06 bits per heavy atom. The Morgan fingerprint density at radius 2 is 1.61 bits per heavy atom. The lowest BCUT2D eigenvalue weighted by Crippen LogP contribution is -2.63. The summed E-state index contributed by atoms with van der Waals surface area (Å²) in [7, 11) is 1.72. The first-order valence-electron chi connectivity index (χ1n) is 12.7. The number of rotatable bonds is 12. The number of carbonyl (C=O) groups is 3. The van der Waals surface area contributed by atoms with Crippen molar-refractivity contribution in [2.45, 2.75) is 117 Å².